The largest absolute Gasteiger partial charge is 0.350 e. The Hall–Kier alpha value is -2.58. The van der Waals surface area contributed by atoms with Crippen molar-refractivity contribution < 1.29 is 18.0 Å². The van der Waals surface area contributed by atoms with E-state index in [0.29, 0.717) is 16.3 Å². The summed E-state index contributed by atoms with van der Waals surface area (Å²) in [6, 6.07) is 13.0. The average Bonchev–Trinajstić information content (AvgIpc) is 2.69. The predicted octanol–water partition coefficient (Wildman–Crippen LogP) is 3.75. The molecule has 0 radical (unpaired) electrons. The molecule has 0 aliphatic heterocycles. The molecule has 2 aromatic rings. The van der Waals surface area contributed by atoms with Crippen LogP contribution < -0.4 is 9.62 Å². The van der Waals surface area contributed by atoms with Gasteiger partial charge in [-0.1, -0.05) is 47.5 Å². The number of sulfonamides is 1. The lowest BCUT2D eigenvalue weighted by molar-refractivity contribution is -0.140. The van der Waals surface area contributed by atoms with Gasteiger partial charge < -0.3 is 10.2 Å². The van der Waals surface area contributed by atoms with E-state index in [4.69, 9.17) is 11.6 Å². The van der Waals surface area contributed by atoms with Crippen LogP contribution in [0.2, 0.25) is 5.02 Å². The highest BCUT2D eigenvalue weighted by Crippen LogP contribution is 2.22. The van der Waals surface area contributed by atoms with Crippen molar-refractivity contribution >= 4 is 39.1 Å². The Morgan fingerprint density at radius 3 is 2.15 bits per heavy atom. The molecule has 1 atom stereocenters. The van der Waals surface area contributed by atoms with Crippen molar-refractivity contribution in [3.63, 3.8) is 0 Å². The van der Waals surface area contributed by atoms with E-state index in [1.54, 1.807) is 55.5 Å². The summed E-state index contributed by atoms with van der Waals surface area (Å²) in [5, 5.41) is 3.33. The number of nitrogens with one attached hydrogen (secondary N) is 1. The van der Waals surface area contributed by atoms with E-state index in [1.165, 1.54) is 4.90 Å². The van der Waals surface area contributed by atoms with Gasteiger partial charge in [0.15, 0.2) is 0 Å². The summed E-state index contributed by atoms with van der Waals surface area (Å²) >= 11 is 6.31. The third kappa shape index (κ3) is 7.75. The zero-order valence-electron chi connectivity index (χ0n) is 19.9. The van der Waals surface area contributed by atoms with Crippen LogP contribution in [0.15, 0.2) is 48.5 Å². The quantitative estimate of drug-likeness (QED) is 0.606. The fourth-order valence-corrected chi connectivity index (χ4v) is 4.24. The molecule has 0 heterocycles. The summed E-state index contributed by atoms with van der Waals surface area (Å²) in [7, 11) is -3.76. The van der Waals surface area contributed by atoms with E-state index in [2.05, 4.69) is 5.32 Å². The van der Waals surface area contributed by atoms with Crippen LogP contribution in [0, 0.1) is 6.92 Å². The molecule has 2 rings (SSSR count). The van der Waals surface area contributed by atoms with Crippen LogP contribution in [0.1, 0.15) is 38.8 Å². The molecule has 0 spiro atoms. The van der Waals surface area contributed by atoms with E-state index in [1.807, 2.05) is 27.7 Å². The topological polar surface area (TPSA) is 86.8 Å². The Kier molecular flexibility index (Phi) is 8.54. The van der Waals surface area contributed by atoms with Crippen molar-refractivity contribution in [3.8, 4) is 0 Å². The normalized spacial score (nSPS) is 12.7. The molecule has 180 valence electrons. The smallest absolute Gasteiger partial charge is 0.244 e. The number of hydrogen-bond acceptors (Lipinski definition) is 4. The monoisotopic (exact) mass is 493 g/mol. The van der Waals surface area contributed by atoms with Gasteiger partial charge in [-0.25, -0.2) is 8.42 Å². The molecule has 0 fully saturated rings. The van der Waals surface area contributed by atoms with E-state index >= 15 is 0 Å². The molecule has 0 saturated heterocycles. The first-order chi connectivity index (χ1) is 15.2. The van der Waals surface area contributed by atoms with Crippen LogP contribution in [-0.2, 0) is 26.2 Å². The molecule has 2 aromatic carbocycles. The van der Waals surface area contributed by atoms with Gasteiger partial charge in [-0.05, 0) is 58.4 Å². The Labute approximate surface area is 201 Å². The fraction of sp³-hybridized carbons (Fsp3) is 0.417. The molecular weight excluding hydrogens is 462 g/mol. The maximum atomic E-state index is 13.5. The van der Waals surface area contributed by atoms with Crippen molar-refractivity contribution in [1.82, 2.24) is 10.2 Å². The third-order valence-electron chi connectivity index (χ3n) is 4.97. The van der Waals surface area contributed by atoms with Crippen LogP contribution >= 0.6 is 11.6 Å². The first kappa shape index (κ1) is 26.7. The number of rotatable bonds is 8. The maximum absolute atomic E-state index is 13.5. The number of anilines is 1. The van der Waals surface area contributed by atoms with Crippen molar-refractivity contribution in [1.29, 1.82) is 0 Å². The number of nitrogens with zero attached hydrogens (tertiary/aromatic N) is 2. The highest BCUT2D eigenvalue weighted by atomic mass is 35.5. The molecule has 33 heavy (non-hydrogen) atoms. The summed E-state index contributed by atoms with van der Waals surface area (Å²) in [6.45, 7) is 8.66. The molecule has 0 aromatic heterocycles. The van der Waals surface area contributed by atoms with Gasteiger partial charge in [0.25, 0.3) is 0 Å². The molecule has 1 N–H and O–H groups in total. The minimum atomic E-state index is -3.76. The number of halogens is 1. The number of carbonyl (C=O) groups is 2. The molecule has 0 saturated carbocycles. The second-order valence-electron chi connectivity index (χ2n) is 9.13. The molecule has 0 unspecified atom stereocenters. The zero-order chi connectivity index (χ0) is 25.0. The maximum Gasteiger partial charge on any atom is 0.244 e. The van der Waals surface area contributed by atoms with Gasteiger partial charge in [0.1, 0.15) is 12.6 Å². The SMILES string of the molecule is Cc1ccc(N(CC(=O)N(Cc2ccccc2Cl)[C@@H](C)C(=O)NC(C)(C)C)S(C)(=O)=O)cc1. The Bertz CT molecular complexity index is 1100. The second kappa shape index (κ2) is 10.6. The van der Waals surface area contributed by atoms with E-state index < -0.39 is 34.1 Å². The molecule has 0 aliphatic carbocycles. The fourth-order valence-electron chi connectivity index (χ4n) is 3.19. The number of aryl methyl sites for hydroxylation is 1. The standard InChI is InChI=1S/C24H32ClN3O4S/c1-17-11-13-20(14-12-17)28(33(6,31)32)16-22(29)27(15-19-9-7-8-10-21(19)25)18(2)23(30)26-24(3,4)5/h7-14,18H,15-16H2,1-6H3,(H,26,30)/t18-/m0/s1. The Morgan fingerprint density at radius 1 is 1.06 bits per heavy atom. The summed E-state index contributed by atoms with van der Waals surface area (Å²) in [5.74, 6) is -0.860. The number of hydrogen-bond donors (Lipinski definition) is 1. The van der Waals surface area contributed by atoms with Crippen LogP contribution in [0.3, 0.4) is 0 Å². The molecule has 2 amide bonds. The Morgan fingerprint density at radius 2 is 1.64 bits per heavy atom. The van der Waals surface area contributed by atoms with Crippen LogP contribution in [0.4, 0.5) is 5.69 Å². The third-order valence-corrected chi connectivity index (χ3v) is 6.47. The average molecular weight is 494 g/mol. The minimum Gasteiger partial charge on any atom is -0.350 e. The lowest BCUT2D eigenvalue weighted by Gasteiger charge is -2.33. The van der Waals surface area contributed by atoms with Gasteiger partial charge in [-0.15, -0.1) is 0 Å². The van der Waals surface area contributed by atoms with Crippen LogP contribution in [0.25, 0.3) is 0 Å². The van der Waals surface area contributed by atoms with Gasteiger partial charge in [-0.3, -0.25) is 13.9 Å². The van der Waals surface area contributed by atoms with Gasteiger partial charge in [0.2, 0.25) is 21.8 Å². The van der Waals surface area contributed by atoms with Gasteiger partial charge >= 0.3 is 0 Å². The number of benzene rings is 2. The van der Waals surface area contributed by atoms with Gasteiger partial charge in [-0.2, -0.15) is 0 Å². The zero-order valence-corrected chi connectivity index (χ0v) is 21.5. The first-order valence-corrected chi connectivity index (χ1v) is 12.8. The summed E-state index contributed by atoms with van der Waals surface area (Å²) in [5.41, 5.74) is 1.50. The molecule has 7 nitrogen and oxygen atoms in total. The van der Waals surface area contributed by atoms with Crippen molar-refractivity contribution in [3.05, 3.63) is 64.7 Å². The van der Waals surface area contributed by atoms with E-state index in [9.17, 15) is 18.0 Å². The predicted molar refractivity (Wildman–Crippen MR) is 133 cm³/mol. The number of amides is 2. The van der Waals surface area contributed by atoms with Gasteiger partial charge in [0, 0.05) is 17.1 Å². The summed E-state index contributed by atoms with van der Waals surface area (Å²) < 4.78 is 26.1. The highest BCUT2D eigenvalue weighted by molar-refractivity contribution is 7.92. The number of carbonyl (C=O) groups excluding carboxylic acids is 2. The van der Waals surface area contributed by atoms with Crippen molar-refractivity contribution in [2.24, 2.45) is 0 Å². The lowest BCUT2D eigenvalue weighted by atomic mass is 10.1. The second-order valence-corrected chi connectivity index (χ2v) is 11.4. The van der Waals surface area contributed by atoms with Crippen LogP contribution in [-0.4, -0.2) is 49.5 Å². The summed E-state index contributed by atoms with van der Waals surface area (Å²) in [4.78, 5) is 27.7. The lowest BCUT2D eigenvalue weighted by Crippen LogP contribution is -2.54. The van der Waals surface area contributed by atoms with Gasteiger partial charge in [0.05, 0.1) is 11.9 Å². The summed E-state index contributed by atoms with van der Waals surface area (Å²) in [6.07, 6.45) is 1.05. The molecule has 9 heteroatoms. The van der Waals surface area contributed by atoms with Crippen LogP contribution in [0.5, 0.6) is 0 Å². The van der Waals surface area contributed by atoms with E-state index in [-0.39, 0.29) is 12.5 Å². The molecule has 0 aliphatic rings. The minimum absolute atomic E-state index is 0.0583. The first-order valence-electron chi connectivity index (χ1n) is 10.6. The van der Waals surface area contributed by atoms with Crippen molar-refractivity contribution in [2.45, 2.75) is 52.7 Å². The molecular formula is C24H32ClN3O4S. The van der Waals surface area contributed by atoms with Crippen molar-refractivity contribution in [2.75, 3.05) is 17.1 Å². The highest BCUT2D eigenvalue weighted by Gasteiger charge is 2.31. The Balaban J connectivity index is 2.41. The van der Waals surface area contributed by atoms with E-state index in [0.717, 1.165) is 16.1 Å². The molecule has 0 bridgehead atoms.